The maximum Gasteiger partial charge on any atom is 0.410 e. The number of hydrogen-bond donors (Lipinski definition) is 1. The third kappa shape index (κ3) is 3.58. The largest absolute Gasteiger partial charge is 0.444 e. The Labute approximate surface area is 137 Å². The van der Waals surface area contributed by atoms with Gasteiger partial charge in [0, 0.05) is 13.1 Å². The monoisotopic (exact) mass is 312 g/mol. The Morgan fingerprint density at radius 3 is 2.78 bits per heavy atom. The van der Waals surface area contributed by atoms with Crippen molar-refractivity contribution in [1.82, 2.24) is 10.2 Å². The van der Waals surface area contributed by atoms with Gasteiger partial charge in [-0.15, -0.1) is 0 Å². The van der Waals surface area contributed by atoms with E-state index in [9.17, 15) is 4.79 Å². The molecule has 0 spiro atoms. The molecule has 23 heavy (non-hydrogen) atoms. The van der Waals surface area contributed by atoms with Crippen LogP contribution in [-0.4, -0.2) is 29.7 Å². The van der Waals surface area contributed by atoms with Crippen LogP contribution in [0.3, 0.4) is 0 Å². The molecule has 0 fully saturated rings. The fraction of sp³-hybridized carbons (Fsp3) is 0.421. The normalized spacial score (nSPS) is 20.4. The molecule has 0 saturated carbocycles. The van der Waals surface area contributed by atoms with Crippen LogP contribution in [0.25, 0.3) is 6.08 Å². The van der Waals surface area contributed by atoms with E-state index in [4.69, 9.17) is 4.74 Å². The first kappa shape index (κ1) is 15.7. The highest BCUT2D eigenvalue weighted by molar-refractivity contribution is 5.68. The standard InChI is InChI=1S/C19H24N2O2/c1-19(2,3)23-18(22)21-12-9-15(10-13-21)17-16-7-5-4-6-14(16)8-11-20-17/h4-9,11,17,20H,10,12-13H2,1-3H3. The molecular formula is C19H24N2O2. The molecule has 1 atom stereocenters. The van der Waals surface area contributed by atoms with Crippen LogP contribution in [0.5, 0.6) is 0 Å². The molecule has 4 nitrogen and oxygen atoms in total. The zero-order valence-corrected chi connectivity index (χ0v) is 14.0. The lowest BCUT2D eigenvalue weighted by Crippen LogP contribution is -2.40. The van der Waals surface area contributed by atoms with Crippen LogP contribution >= 0.6 is 0 Å². The van der Waals surface area contributed by atoms with Gasteiger partial charge in [-0.2, -0.15) is 0 Å². The summed E-state index contributed by atoms with van der Waals surface area (Å²) in [5.41, 5.74) is 3.44. The molecule has 0 aliphatic carbocycles. The van der Waals surface area contributed by atoms with Crippen molar-refractivity contribution >= 4 is 12.2 Å². The van der Waals surface area contributed by atoms with E-state index in [0.717, 1.165) is 6.42 Å². The summed E-state index contributed by atoms with van der Waals surface area (Å²) in [6.45, 7) is 6.99. The van der Waals surface area contributed by atoms with Crippen LogP contribution in [0.15, 0.2) is 42.1 Å². The molecule has 0 saturated heterocycles. The first-order chi connectivity index (χ1) is 10.9. The second-order valence-electron chi connectivity index (χ2n) is 7.02. The summed E-state index contributed by atoms with van der Waals surface area (Å²) >= 11 is 0. The van der Waals surface area contributed by atoms with Gasteiger partial charge in [-0.1, -0.05) is 30.3 Å². The zero-order valence-electron chi connectivity index (χ0n) is 14.0. The summed E-state index contributed by atoms with van der Waals surface area (Å²) in [5, 5.41) is 3.44. The topological polar surface area (TPSA) is 41.6 Å². The van der Waals surface area contributed by atoms with E-state index in [1.54, 1.807) is 4.90 Å². The molecule has 0 bridgehead atoms. The predicted molar refractivity (Wildman–Crippen MR) is 91.9 cm³/mol. The molecule has 0 aromatic heterocycles. The zero-order chi connectivity index (χ0) is 16.4. The van der Waals surface area contributed by atoms with Crippen molar-refractivity contribution in [2.24, 2.45) is 0 Å². The van der Waals surface area contributed by atoms with E-state index < -0.39 is 5.60 Å². The van der Waals surface area contributed by atoms with Gasteiger partial charge in [0.25, 0.3) is 0 Å². The summed E-state index contributed by atoms with van der Waals surface area (Å²) < 4.78 is 5.45. The number of carbonyl (C=O) groups excluding carboxylic acids is 1. The predicted octanol–water partition coefficient (Wildman–Crippen LogP) is 3.87. The van der Waals surface area contributed by atoms with E-state index in [0.29, 0.717) is 13.1 Å². The summed E-state index contributed by atoms with van der Waals surface area (Å²) in [6.07, 6.45) is 6.89. The lowest BCUT2D eigenvalue weighted by atomic mass is 9.89. The summed E-state index contributed by atoms with van der Waals surface area (Å²) in [4.78, 5) is 13.9. The van der Waals surface area contributed by atoms with Crippen LogP contribution in [-0.2, 0) is 4.74 Å². The first-order valence-electron chi connectivity index (χ1n) is 8.12. The number of hydrogen-bond acceptors (Lipinski definition) is 3. The molecule has 2 aliphatic rings. The van der Waals surface area contributed by atoms with E-state index in [2.05, 4.69) is 41.7 Å². The lowest BCUT2D eigenvalue weighted by Gasteiger charge is -2.33. The average molecular weight is 312 g/mol. The molecule has 1 amide bonds. The summed E-state index contributed by atoms with van der Waals surface area (Å²) in [7, 11) is 0. The molecule has 1 unspecified atom stereocenters. The lowest BCUT2D eigenvalue weighted by molar-refractivity contribution is 0.0264. The minimum absolute atomic E-state index is 0.206. The van der Waals surface area contributed by atoms with Gasteiger partial charge < -0.3 is 15.0 Å². The van der Waals surface area contributed by atoms with E-state index >= 15 is 0 Å². The number of benzene rings is 1. The number of rotatable bonds is 1. The van der Waals surface area contributed by atoms with E-state index in [1.165, 1.54) is 16.7 Å². The van der Waals surface area contributed by atoms with Gasteiger partial charge in [-0.3, -0.25) is 0 Å². The first-order valence-corrected chi connectivity index (χ1v) is 8.12. The van der Waals surface area contributed by atoms with Crippen molar-refractivity contribution in [3.8, 4) is 0 Å². The summed E-state index contributed by atoms with van der Waals surface area (Å²) in [6, 6.07) is 8.64. The quantitative estimate of drug-likeness (QED) is 0.800. The fourth-order valence-electron chi connectivity index (χ4n) is 3.00. The Balaban J connectivity index is 1.70. The Morgan fingerprint density at radius 1 is 1.30 bits per heavy atom. The van der Waals surface area contributed by atoms with Crippen molar-refractivity contribution in [3.05, 3.63) is 53.2 Å². The van der Waals surface area contributed by atoms with Crippen molar-refractivity contribution < 1.29 is 9.53 Å². The number of nitrogens with zero attached hydrogens (tertiary/aromatic N) is 1. The Morgan fingerprint density at radius 2 is 2.09 bits per heavy atom. The molecule has 4 heteroatoms. The molecule has 122 valence electrons. The number of carbonyl (C=O) groups is 1. The van der Waals surface area contributed by atoms with Crippen molar-refractivity contribution in [2.45, 2.75) is 38.8 Å². The number of nitrogens with one attached hydrogen (secondary N) is 1. The van der Waals surface area contributed by atoms with Gasteiger partial charge in [-0.05, 0) is 56.2 Å². The summed E-state index contributed by atoms with van der Waals surface area (Å²) in [5.74, 6) is 0. The van der Waals surface area contributed by atoms with Crippen LogP contribution in [0.2, 0.25) is 0 Å². The molecule has 1 N–H and O–H groups in total. The van der Waals surface area contributed by atoms with E-state index in [1.807, 2.05) is 27.0 Å². The van der Waals surface area contributed by atoms with Crippen molar-refractivity contribution in [2.75, 3.05) is 13.1 Å². The molecule has 1 aromatic carbocycles. The maximum atomic E-state index is 12.1. The second-order valence-corrected chi connectivity index (χ2v) is 7.02. The van der Waals surface area contributed by atoms with Crippen molar-refractivity contribution in [1.29, 1.82) is 0 Å². The van der Waals surface area contributed by atoms with Crippen LogP contribution in [0, 0.1) is 0 Å². The fourth-order valence-corrected chi connectivity index (χ4v) is 3.00. The van der Waals surface area contributed by atoms with Crippen molar-refractivity contribution in [3.63, 3.8) is 0 Å². The molecule has 2 heterocycles. The third-order valence-corrected chi connectivity index (χ3v) is 4.10. The Hall–Kier alpha value is -2.23. The number of amides is 1. The minimum atomic E-state index is -0.449. The van der Waals surface area contributed by atoms with Crippen LogP contribution in [0.4, 0.5) is 4.79 Å². The Bertz CT molecular complexity index is 656. The maximum absolute atomic E-state index is 12.1. The SMILES string of the molecule is CC(C)(C)OC(=O)N1CC=C(C2NC=Cc3ccccc32)CC1. The smallest absolute Gasteiger partial charge is 0.410 e. The third-order valence-electron chi connectivity index (χ3n) is 4.10. The molecule has 2 aliphatic heterocycles. The highest BCUT2D eigenvalue weighted by Crippen LogP contribution is 2.32. The highest BCUT2D eigenvalue weighted by Gasteiger charge is 2.27. The van der Waals surface area contributed by atoms with Crippen LogP contribution < -0.4 is 5.32 Å². The van der Waals surface area contributed by atoms with Gasteiger partial charge in [0.1, 0.15) is 5.60 Å². The van der Waals surface area contributed by atoms with Gasteiger partial charge >= 0.3 is 6.09 Å². The van der Waals surface area contributed by atoms with Gasteiger partial charge in [0.15, 0.2) is 0 Å². The highest BCUT2D eigenvalue weighted by atomic mass is 16.6. The van der Waals surface area contributed by atoms with E-state index in [-0.39, 0.29) is 12.1 Å². The van der Waals surface area contributed by atoms with Gasteiger partial charge in [-0.25, -0.2) is 4.79 Å². The van der Waals surface area contributed by atoms with Crippen LogP contribution in [0.1, 0.15) is 44.4 Å². The molecular weight excluding hydrogens is 288 g/mol. The molecule has 3 rings (SSSR count). The van der Waals surface area contributed by atoms with Gasteiger partial charge in [0.05, 0.1) is 6.04 Å². The number of fused-ring (bicyclic) bond motifs is 1. The van der Waals surface area contributed by atoms with Gasteiger partial charge in [0.2, 0.25) is 0 Å². The molecule has 1 aromatic rings. The number of ether oxygens (including phenoxy) is 1. The molecule has 0 radical (unpaired) electrons. The minimum Gasteiger partial charge on any atom is -0.444 e. The Kier molecular flexibility index (Phi) is 4.16. The second kappa shape index (κ2) is 6.11. The average Bonchev–Trinajstić information content (AvgIpc) is 2.53.